The molecular formula is C12H18FN3O4. The smallest absolute Gasteiger partial charge is 0.349 e. The van der Waals surface area contributed by atoms with E-state index >= 15 is 0 Å². The van der Waals surface area contributed by atoms with Crippen LogP contribution in [0, 0.1) is 0 Å². The van der Waals surface area contributed by atoms with Crippen LogP contribution in [0.25, 0.3) is 0 Å². The lowest BCUT2D eigenvalue weighted by Crippen LogP contribution is -2.55. The molecule has 1 aliphatic rings. The van der Waals surface area contributed by atoms with Gasteiger partial charge in [0.15, 0.2) is 6.17 Å². The normalized spacial score (nSPS) is 34.1. The zero-order valence-corrected chi connectivity index (χ0v) is 11.0. The average molecular weight is 287 g/mol. The van der Waals surface area contributed by atoms with E-state index in [1.54, 1.807) is 6.92 Å². The number of aromatic nitrogens is 2. The highest BCUT2D eigenvalue weighted by Gasteiger charge is 2.46. The Morgan fingerprint density at radius 1 is 1.55 bits per heavy atom. The van der Waals surface area contributed by atoms with Gasteiger partial charge in [-0.2, -0.15) is 4.98 Å². The summed E-state index contributed by atoms with van der Waals surface area (Å²) in [6.45, 7) is 1.28. The minimum absolute atomic E-state index is 0.0419. The number of nitrogens with zero attached hydrogens (tertiary/aromatic N) is 2. The highest BCUT2D eigenvalue weighted by molar-refractivity contribution is 5.23. The Kier molecular flexibility index (Phi) is 4.36. The lowest BCUT2D eigenvalue weighted by Gasteiger charge is -2.41. The number of ether oxygens (including phenoxy) is 1. The number of nitrogens with two attached hydrogens (primary N) is 1. The number of anilines is 1. The van der Waals surface area contributed by atoms with Crippen LogP contribution < -0.4 is 11.4 Å². The summed E-state index contributed by atoms with van der Waals surface area (Å²) in [6, 6.07) is 0.379. The van der Waals surface area contributed by atoms with Crippen LogP contribution >= 0.6 is 0 Å². The third-order valence-electron chi connectivity index (χ3n) is 3.52. The van der Waals surface area contributed by atoms with E-state index in [-0.39, 0.29) is 5.82 Å². The first kappa shape index (κ1) is 14.9. The highest BCUT2D eigenvalue weighted by atomic mass is 19.1. The van der Waals surface area contributed by atoms with Gasteiger partial charge in [0.1, 0.15) is 18.0 Å². The Morgan fingerprint density at radius 2 is 2.25 bits per heavy atom. The molecule has 5 atom stereocenters. The first-order chi connectivity index (χ1) is 9.49. The minimum atomic E-state index is -1.74. The van der Waals surface area contributed by atoms with Gasteiger partial charge in [-0.05, 0) is 12.5 Å². The van der Waals surface area contributed by atoms with Gasteiger partial charge >= 0.3 is 5.69 Å². The number of halogens is 1. The van der Waals surface area contributed by atoms with E-state index in [1.807, 2.05) is 0 Å². The molecule has 0 aliphatic carbocycles. The molecule has 5 unspecified atom stereocenters. The third kappa shape index (κ3) is 2.54. The van der Waals surface area contributed by atoms with Gasteiger partial charge in [-0.1, -0.05) is 6.92 Å². The Morgan fingerprint density at radius 3 is 2.80 bits per heavy atom. The van der Waals surface area contributed by atoms with Gasteiger partial charge in [0.2, 0.25) is 0 Å². The van der Waals surface area contributed by atoms with Crippen molar-refractivity contribution in [2.45, 2.75) is 43.9 Å². The van der Waals surface area contributed by atoms with E-state index in [9.17, 15) is 14.3 Å². The van der Waals surface area contributed by atoms with Crippen LogP contribution in [0.5, 0.6) is 0 Å². The lowest BCUT2D eigenvalue weighted by atomic mass is 9.92. The first-order valence-corrected chi connectivity index (χ1v) is 6.42. The van der Waals surface area contributed by atoms with Crippen molar-refractivity contribution in [2.24, 2.45) is 0 Å². The Hall–Kier alpha value is -1.51. The standard InChI is InChI=1S/C12H18FN3O4/c1-2-6-10(9(13)11(18)7(5-17)20-6)16-4-3-8(14)15-12(16)19/h3-4,6-7,9-11,17-18H,2,5H2,1H3,(H2,14,15,19). The minimum Gasteiger partial charge on any atom is -0.394 e. The van der Waals surface area contributed by atoms with Crippen LogP contribution in [0.4, 0.5) is 10.2 Å². The molecule has 0 aromatic carbocycles. The van der Waals surface area contributed by atoms with Crippen molar-refractivity contribution >= 4 is 5.82 Å². The van der Waals surface area contributed by atoms with Crippen molar-refractivity contribution in [2.75, 3.05) is 12.3 Å². The van der Waals surface area contributed by atoms with Crippen molar-refractivity contribution in [1.29, 1.82) is 0 Å². The zero-order chi connectivity index (χ0) is 14.9. The lowest BCUT2D eigenvalue weighted by molar-refractivity contribution is -0.187. The molecule has 2 rings (SSSR count). The molecule has 4 N–H and O–H groups in total. The maximum Gasteiger partial charge on any atom is 0.349 e. The quantitative estimate of drug-likeness (QED) is 0.673. The SMILES string of the molecule is CCC1OC(CO)C(O)C(F)C1n1ccc(N)nc1=O. The van der Waals surface area contributed by atoms with Gasteiger partial charge in [0.05, 0.1) is 18.8 Å². The molecule has 2 heterocycles. The molecule has 0 spiro atoms. The van der Waals surface area contributed by atoms with E-state index in [0.717, 1.165) is 4.57 Å². The van der Waals surface area contributed by atoms with Crippen LogP contribution in [0.3, 0.4) is 0 Å². The van der Waals surface area contributed by atoms with Gasteiger partial charge in [-0.15, -0.1) is 0 Å². The summed E-state index contributed by atoms with van der Waals surface area (Å²) in [4.78, 5) is 15.4. The van der Waals surface area contributed by atoms with Crippen LogP contribution in [0.15, 0.2) is 17.1 Å². The second-order valence-electron chi connectivity index (χ2n) is 4.77. The summed E-state index contributed by atoms with van der Waals surface area (Å²) in [5.41, 5.74) is 4.70. The second-order valence-corrected chi connectivity index (χ2v) is 4.77. The molecule has 0 bridgehead atoms. The summed E-state index contributed by atoms with van der Waals surface area (Å²) < 4.78 is 21.0. The molecule has 1 fully saturated rings. The molecule has 1 aromatic rings. The van der Waals surface area contributed by atoms with E-state index < -0.39 is 42.8 Å². The van der Waals surface area contributed by atoms with Crippen molar-refractivity contribution in [3.8, 4) is 0 Å². The molecule has 8 heteroatoms. The van der Waals surface area contributed by atoms with Crippen LogP contribution in [0.1, 0.15) is 19.4 Å². The van der Waals surface area contributed by atoms with Gasteiger partial charge in [-0.25, -0.2) is 9.18 Å². The predicted molar refractivity (Wildman–Crippen MR) is 68.9 cm³/mol. The Bertz CT molecular complexity index is 522. The summed E-state index contributed by atoms with van der Waals surface area (Å²) >= 11 is 0. The number of aliphatic hydroxyl groups is 2. The largest absolute Gasteiger partial charge is 0.394 e. The highest BCUT2D eigenvalue weighted by Crippen LogP contribution is 2.33. The topological polar surface area (TPSA) is 111 Å². The molecule has 112 valence electrons. The first-order valence-electron chi connectivity index (χ1n) is 6.42. The van der Waals surface area contributed by atoms with Crippen molar-refractivity contribution in [3.63, 3.8) is 0 Å². The number of nitrogen functional groups attached to an aromatic ring is 1. The van der Waals surface area contributed by atoms with Crippen LogP contribution in [-0.2, 0) is 4.74 Å². The van der Waals surface area contributed by atoms with Gasteiger partial charge in [0.25, 0.3) is 0 Å². The maximum atomic E-state index is 14.4. The number of hydrogen-bond acceptors (Lipinski definition) is 6. The van der Waals surface area contributed by atoms with E-state index in [2.05, 4.69) is 4.98 Å². The fourth-order valence-corrected chi connectivity index (χ4v) is 2.47. The number of rotatable bonds is 3. The molecule has 0 radical (unpaired) electrons. The van der Waals surface area contributed by atoms with Crippen LogP contribution in [-0.4, -0.2) is 50.9 Å². The predicted octanol–water partition coefficient (Wildman–Crippen LogP) is -0.765. The number of aliphatic hydroxyl groups excluding tert-OH is 2. The monoisotopic (exact) mass is 287 g/mol. The van der Waals surface area contributed by atoms with Crippen molar-refractivity contribution in [1.82, 2.24) is 9.55 Å². The van der Waals surface area contributed by atoms with Crippen molar-refractivity contribution < 1.29 is 19.3 Å². The van der Waals surface area contributed by atoms with Crippen molar-refractivity contribution in [3.05, 3.63) is 22.7 Å². The van der Waals surface area contributed by atoms with E-state index in [1.165, 1.54) is 12.3 Å². The van der Waals surface area contributed by atoms with Gasteiger partial charge in [-0.3, -0.25) is 4.57 Å². The van der Waals surface area contributed by atoms with E-state index in [0.29, 0.717) is 6.42 Å². The maximum absolute atomic E-state index is 14.4. The fourth-order valence-electron chi connectivity index (χ4n) is 2.47. The zero-order valence-electron chi connectivity index (χ0n) is 11.0. The summed E-state index contributed by atoms with van der Waals surface area (Å²) in [5.74, 6) is 0.0419. The second kappa shape index (κ2) is 5.86. The molecule has 1 aromatic heterocycles. The molecule has 7 nitrogen and oxygen atoms in total. The molecular weight excluding hydrogens is 269 g/mol. The third-order valence-corrected chi connectivity index (χ3v) is 3.52. The average Bonchev–Trinajstić information content (AvgIpc) is 2.42. The molecule has 1 saturated heterocycles. The Balaban J connectivity index is 2.39. The molecule has 0 amide bonds. The number of hydrogen-bond donors (Lipinski definition) is 3. The van der Waals surface area contributed by atoms with E-state index in [4.69, 9.17) is 15.6 Å². The molecule has 0 saturated carbocycles. The Labute approximate surface area is 114 Å². The van der Waals surface area contributed by atoms with Gasteiger partial charge < -0.3 is 20.7 Å². The summed E-state index contributed by atoms with van der Waals surface area (Å²) in [7, 11) is 0. The number of alkyl halides is 1. The van der Waals surface area contributed by atoms with Crippen LogP contribution in [0.2, 0.25) is 0 Å². The molecule has 20 heavy (non-hydrogen) atoms. The fraction of sp³-hybridized carbons (Fsp3) is 0.667. The summed E-state index contributed by atoms with van der Waals surface area (Å²) in [6.07, 6.45) is -3.13. The summed E-state index contributed by atoms with van der Waals surface area (Å²) in [5, 5.41) is 18.9. The van der Waals surface area contributed by atoms with Gasteiger partial charge in [0, 0.05) is 6.20 Å². The molecule has 1 aliphatic heterocycles.